The van der Waals surface area contributed by atoms with Crippen LogP contribution in [0.15, 0.2) is 24.9 Å². The molecule has 1 aromatic heterocycles. The van der Waals surface area contributed by atoms with Crippen LogP contribution in [-0.2, 0) is 6.54 Å². The molecule has 0 N–H and O–H groups in total. The minimum absolute atomic E-state index is 0.414. The average molecular weight is 334 g/mol. The van der Waals surface area contributed by atoms with E-state index in [0.29, 0.717) is 0 Å². The van der Waals surface area contributed by atoms with Gasteiger partial charge in [0.25, 0.3) is 0 Å². The molecule has 0 saturated heterocycles. The van der Waals surface area contributed by atoms with E-state index >= 15 is 0 Å². The highest BCUT2D eigenvalue weighted by Gasteiger charge is 2.05. The third kappa shape index (κ3) is 4.57. The second kappa shape index (κ2) is 6.96. The molecule has 1 rings (SSSR count). The lowest BCUT2D eigenvalue weighted by atomic mass is 10.2. The van der Waals surface area contributed by atoms with Crippen molar-refractivity contribution in [2.24, 2.45) is 0 Å². The topological polar surface area (TPSA) is 16.1 Å². The van der Waals surface area contributed by atoms with Crippen molar-refractivity contribution in [2.75, 3.05) is 13.6 Å². The van der Waals surface area contributed by atoms with Crippen molar-refractivity contribution >= 4 is 22.6 Å². The van der Waals surface area contributed by atoms with E-state index in [-0.39, 0.29) is 0 Å². The second-order valence-corrected chi connectivity index (χ2v) is 4.93. The molecular formula is C12H16FIN2. The first kappa shape index (κ1) is 13.6. The predicted molar refractivity (Wildman–Crippen MR) is 72.7 cm³/mol. The third-order valence-electron chi connectivity index (χ3n) is 2.28. The van der Waals surface area contributed by atoms with Crippen LogP contribution in [0.25, 0.3) is 0 Å². The zero-order valence-corrected chi connectivity index (χ0v) is 11.6. The van der Waals surface area contributed by atoms with Crippen LogP contribution in [0.4, 0.5) is 4.39 Å². The van der Waals surface area contributed by atoms with Gasteiger partial charge in [-0.1, -0.05) is 6.08 Å². The quantitative estimate of drug-likeness (QED) is 0.344. The molecule has 0 aromatic carbocycles. The van der Waals surface area contributed by atoms with E-state index in [4.69, 9.17) is 0 Å². The standard InChI is InChI=1S/C12H16FIN2/c1-3-4-5-6-16(2)9-10-8-15-12(13)7-11(10)14/h3,7-8H,1,4-6,9H2,2H3. The number of allylic oxidation sites excluding steroid dienone is 1. The molecular weight excluding hydrogens is 318 g/mol. The van der Waals surface area contributed by atoms with Gasteiger partial charge in [0.15, 0.2) is 0 Å². The fraction of sp³-hybridized carbons (Fsp3) is 0.417. The zero-order chi connectivity index (χ0) is 12.0. The Morgan fingerprint density at radius 1 is 1.62 bits per heavy atom. The van der Waals surface area contributed by atoms with E-state index in [1.165, 1.54) is 6.07 Å². The Kier molecular flexibility index (Phi) is 5.90. The number of hydrogen-bond donors (Lipinski definition) is 0. The fourth-order valence-corrected chi connectivity index (χ4v) is 1.99. The van der Waals surface area contributed by atoms with Gasteiger partial charge in [-0.2, -0.15) is 4.39 Å². The number of hydrogen-bond acceptors (Lipinski definition) is 2. The molecule has 0 fully saturated rings. The van der Waals surface area contributed by atoms with E-state index in [9.17, 15) is 4.39 Å². The number of nitrogens with zero attached hydrogens (tertiary/aromatic N) is 2. The molecule has 0 spiro atoms. The molecule has 16 heavy (non-hydrogen) atoms. The van der Waals surface area contributed by atoms with E-state index in [1.807, 2.05) is 6.08 Å². The maximum absolute atomic E-state index is 12.8. The van der Waals surface area contributed by atoms with Gasteiger partial charge in [-0.25, -0.2) is 4.98 Å². The third-order valence-corrected chi connectivity index (χ3v) is 3.29. The van der Waals surface area contributed by atoms with Gasteiger partial charge in [0.05, 0.1) is 0 Å². The Morgan fingerprint density at radius 2 is 2.38 bits per heavy atom. The van der Waals surface area contributed by atoms with E-state index < -0.39 is 5.95 Å². The summed E-state index contributed by atoms with van der Waals surface area (Å²) in [5, 5.41) is 0. The van der Waals surface area contributed by atoms with Crippen molar-refractivity contribution in [3.63, 3.8) is 0 Å². The summed E-state index contributed by atoms with van der Waals surface area (Å²) in [5.41, 5.74) is 1.07. The van der Waals surface area contributed by atoms with Crippen LogP contribution in [0.3, 0.4) is 0 Å². The van der Waals surface area contributed by atoms with Crippen molar-refractivity contribution < 1.29 is 4.39 Å². The van der Waals surface area contributed by atoms with E-state index in [0.717, 1.165) is 35.1 Å². The first-order valence-corrected chi connectivity index (χ1v) is 6.30. The maximum atomic E-state index is 12.8. The highest BCUT2D eigenvalue weighted by molar-refractivity contribution is 14.1. The van der Waals surface area contributed by atoms with Gasteiger partial charge in [0.2, 0.25) is 5.95 Å². The van der Waals surface area contributed by atoms with Crippen LogP contribution in [0.2, 0.25) is 0 Å². The number of halogens is 2. The summed E-state index contributed by atoms with van der Waals surface area (Å²) >= 11 is 2.14. The van der Waals surface area contributed by atoms with Gasteiger partial charge in [-0.05, 0) is 54.6 Å². The van der Waals surface area contributed by atoms with Crippen LogP contribution in [0, 0.1) is 9.52 Å². The van der Waals surface area contributed by atoms with Gasteiger partial charge < -0.3 is 4.90 Å². The Balaban J connectivity index is 2.49. The van der Waals surface area contributed by atoms with Gasteiger partial charge >= 0.3 is 0 Å². The zero-order valence-electron chi connectivity index (χ0n) is 9.42. The smallest absolute Gasteiger partial charge is 0.213 e. The molecule has 0 aliphatic heterocycles. The van der Waals surface area contributed by atoms with Gasteiger partial charge in [0.1, 0.15) is 0 Å². The minimum atomic E-state index is -0.414. The molecule has 0 amide bonds. The summed E-state index contributed by atoms with van der Waals surface area (Å²) in [6, 6.07) is 1.47. The van der Waals surface area contributed by atoms with Crippen molar-refractivity contribution in [3.05, 3.63) is 40.0 Å². The lowest BCUT2D eigenvalue weighted by Crippen LogP contribution is -2.19. The Morgan fingerprint density at radius 3 is 3.00 bits per heavy atom. The number of pyridine rings is 1. The molecule has 0 aliphatic rings. The normalized spacial score (nSPS) is 10.8. The lowest BCUT2D eigenvalue weighted by Gasteiger charge is -2.16. The first-order chi connectivity index (χ1) is 7.63. The SMILES string of the molecule is C=CCCCN(C)Cc1cnc(F)cc1I. The molecule has 4 heteroatoms. The Bertz CT molecular complexity index is 355. The molecule has 88 valence electrons. The summed E-state index contributed by atoms with van der Waals surface area (Å²) in [4.78, 5) is 5.88. The van der Waals surface area contributed by atoms with Crippen LogP contribution in [-0.4, -0.2) is 23.5 Å². The maximum Gasteiger partial charge on any atom is 0.213 e. The summed E-state index contributed by atoms with van der Waals surface area (Å²) in [6.07, 6.45) is 5.67. The van der Waals surface area contributed by atoms with Crippen LogP contribution in [0.5, 0.6) is 0 Å². The van der Waals surface area contributed by atoms with Crippen molar-refractivity contribution in [1.29, 1.82) is 0 Å². The molecule has 1 heterocycles. The first-order valence-electron chi connectivity index (χ1n) is 5.23. The van der Waals surface area contributed by atoms with Crippen LogP contribution >= 0.6 is 22.6 Å². The van der Waals surface area contributed by atoms with Gasteiger partial charge in [-0.3, -0.25) is 0 Å². The Hall–Kier alpha value is -0.490. The minimum Gasteiger partial charge on any atom is -0.302 e. The number of rotatable bonds is 6. The van der Waals surface area contributed by atoms with Crippen molar-refractivity contribution in [3.8, 4) is 0 Å². The summed E-state index contributed by atoms with van der Waals surface area (Å²) in [7, 11) is 2.06. The monoisotopic (exact) mass is 334 g/mol. The van der Waals surface area contributed by atoms with Gasteiger partial charge in [0, 0.05) is 22.4 Å². The molecule has 0 aliphatic carbocycles. The summed E-state index contributed by atoms with van der Waals surface area (Å²) in [5.74, 6) is -0.414. The molecule has 0 bridgehead atoms. The molecule has 0 unspecified atom stereocenters. The summed E-state index contributed by atoms with van der Waals surface area (Å²) in [6.45, 7) is 5.52. The highest BCUT2D eigenvalue weighted by Crippen LogP contribution is 2.13. The molecule has 1 aromatic rings. The molecule has 0 saturated carbocycles. The summed E-state index contributed by atoms with van der Waals surface area (Å²) < 4.78 is 13.7. The average Bonchev–Trinajstić information content (AvgIpc) is 2.23. The number of aromatic nitrogens is 1. The highest BCUT2D eigenvalue weighted by atomic mass is 127. The Labute approximate surface area is 110 Å². The van der Waals surface area contributed by atoms with Crippen LogP contribution in [0.1, 0.15) is 18.4 Å². The molecule has 2 nitrogen and oxygen atoms in total. The van der Waals surface area contributed by atoms with E-state index in [1.54, 1.807) is 6.20 Å². The fourth-order valence-electron chi connectivity index (χ4n) is 1.43. The second-order valence-electron chi connectivity index (χ2n) is 3.77. The predicted octanol–water partition coefficient (Wildman–Crippen LogP) is 3.22. The molecule has 0 atom stereocenters. The van der Waals surface area contributed by atoms with Crippen LogP contribution < -0.4 is 0 Å². The molecule has 0 radical (unpaired) electrons. The largest absolute Gasteiger partial charge is 0.302 e. The van der Waals surface area contributed by atoms with Crippen molar-refractivity contribution in [1.82, 2.24) is 9.88 Å². The van der Waals surface area contributed by atoms with Gasteiger partial charge in [-0.15, -0.1) is 6.58 Å². The van der Waals surface area contributed by atoms with E-state index in [2.05, 4.69) is 46.1 Å². The van der Waals surface area contributed by atoms with Crippen molar-refractivity contribution in [2.45, 2.75) is 19.4 Å². The number of unbranched alkanes of at least 4 members (excludes halogenated alkanes) is 1. The lowest BCUT2D eigenvalue weighted by molar-refractivity contribution is 0.321.